The van der Waals surface area contributed by atoms with Crippen LogP contribution in [0.25, 0.3) is 0 Å². The Morgan fingerprint density at radius 1 is 1.37 bits per heavy atom. The molecule has 1 fully saturated rings. The lowest BCUT2D eigenvalue weighted by Crippen LogP contribution is -2.43. The third kappa shape index (κ3) is 3.03. The Bertz CT molecular complexity index is 475. The van der Waals surface area contributed by atoms with Crippen molar-refractivity contribution in [2.24, 2.45) is 11.8 Å². The third-order valence-electron chi connectivity index (χ3n) is 4.32. The summed E-state index contributed by atoms with van der Waals surface area (Å²) < 4.78 is 0. The number of nitrogens with two attached hydrogens (primary N) is 1. The third-order valence-corrected chi connectivity index (χ3v) is 4.65. The van der Waals surface area contributed by atoms with Crippen molar-refractivity contribution in [3.05, 3.63) is 28.8 Å². The van der Waals surface area contributed by atoms with E-state index in [1.54, 1.807) is 18.2 Å². The Hall–Kier alpha value is -1.22. The first-order valence-electron chi connectivity index (χ1n) is 6.85. The summed E-state index contributed by atoms with van der Waals surface area (Å²) in [5, 5.41) is 3.53. The molecule has 104 valence electrons. The molecule has 0 bridgehead atoms. The van der Waals surface area contributed by atoms with E-state index < -0.39 is 0 Å². The Labute approximate surface area is 119 Å². The van der Waals surface area contributed by atoms with Crippen LogP contribution >= 0.6 is 11.6 Å². The molecule has 1 aromatic carbocycles. The number of hydrogen-bond acceptors (Lipinski definition) is 2. The number of anilines is 1. The first kappa shape index (κ1) is 14.2. The largest absolute Gasteiger partial charge is 0.397 e. The number of para-hydroxylation sites is 1. The van der Waals surface area contributed by atoms with Gasteiger partial charge in [0.25, 0.3) is 5.91 Å². The standard InChI is InChI=1S/C15H21ClN2O/c1-9-5-3-8-13(10(9)2)18-15(19)11-6-4-7-12(16)14(11)17/h4,6-7,9-10,13H,3,5,8,17H2,1-2H3,(H,18,19). The highest BCUT2D eigenvalue weighted by molar-refractivity contribution is 6.33. The Morgan fingerprint density at radius 2 is 2.11 bits per heavy atom. The zero-order valence-corrected chi connectivity index (χ0v) is 12.2. The van der Waals surface area contributed by atoms with Crippen LogP contribution in [0.2, 0.25) is 5.02 Å². The number of nitrogen functional groups attached to an aromatic ring is 1. The van der Waals surface area contributed by atoms with Gasteiger partial charge in [0.1, 0.15) is 0 Å². The molecule has 0 aromatic heterocycles. The predicted octanol–water partition coefficient (Wildman–Crippen LogP) is 3.48. The number of carbonyl (C=O) groups is 1. The molecule has 19 heavy (non-hydrogen) atoms. The maximum atomic E-state index is 12.3. The average molecular weight is 281 g/mol. The Kier molecular flexibility index (Phi) is 4.35. The molecule has 0 aliphatic heterocycles. The summed E-state index contributed by atoms with van der Waals surface area (Å²) in [5.41, 5.74) is 6.69. The molecule has 0 radical (unpaired) electrons. The van der Waals surface area contributed by atoms with Gasteiger partial charge in [0.15, 0.2) is 0 Å². The first-order chi connectivity index (χ1) is 9.00. The number of halogens is 1. The van der Waals surface area contributed by atoms with Gasteiger partial charge in [0.2, 0.25) is 0 Å². The van der Waals surface area contributed by atoms with Crippen molar-refractivity contribution in [3.63, 3.8) is 0 Å². The molecular weight excluding hydrogens is 260 g/mol. The fourth-order valence-corrected chi connectivity index (χ4v) is 2.94. The van der Waals surface area contributed by atoms with E-state index in [9.17, 15) is 4.79 Å². The minimum absolute atomic E-state index is 0.119. The lowest BCUT2D eigenvalue weighted by Gasteiger charge is -2.34. The number of rotatable bonds is 2. The van der Waals surface area contributed by atoms with Gasteiger partial charge in [0.05, 0.1) is 16.3 Å². The van der Waals surface area contributed by atoms with E-state index in [1.165, 1.54) is 12.8 Å². The summed E-state index contributed by atoms with van der Waals surface area (Å²) in [6, 6.07) is 5.39. The van der Waals surface area contributed by atoms with Crippen molar-refractivity contribution in [1.29, 1.82) is 0 Å². The Morgan fingerprint density at radius 3 is 2.84 bits per heavy atom. The normalized spacial score (nSPS) is 27.0. The van der Waals surface area contributed by atoms with E-state index in [1.807, 2.05) is 0 Å². The van der Waals surface area contributed by atoms with Gasteiger partial charge in [-0.1, -0.05) is 44.4 Å². The van der Waals surface area contributed by atoms with Crippen LogP contribution in [0.15, 0.2) is 18.2 Å². The van der Waals surface area contributed by atoms with Gasteiger partial charge in [-0.25, -0.2) is 0 Å². The number of hydrogen-bond donors (Lipinski definition) is 2. The van der Waals surface area contributed by atoms with Crippen LogP contribution in [0, 0.1) is 11.8 Å². The van der Waals surface area contributed by atoms with Gasteiger partial charge in [-0.3, -0.25) is 4.79 Å². The SMILES string of the molecule is CC1CCCC(NC(=O)c2cccc(Cl)c2N)C1C. The summed E-state index contributed by atoms with van der Waals surface area (Å²) in [7, 11) is 0. The second-order valence-corrected chi connectivity index (χ2v) is 5.96. The molecule has 3 N–H and O–H groups in total. The topological polar surface area (TPSA) is 55.1 Å². The summed E-state index contributed by atoms with van der Waals surface area (Å²) in [4.78, 5) is 12.3. The van der Waals surface area contributed by atoms with Gasteiger partial charge in [-0.15, -0.1) is 0 Å². The summed E-state index contributed by atoms with van der Waals surface area (Å²) in [5.74, 6) is 1.03. The summed E-state index contributed by atoms with van der Waals surface area (Å²) in [6.45, 7) is 4.45. The summed E-state index contributed by atoms with van der Waals surface area (Å²) in [6.07, 6.45) is 3.45. The van der Waals surface area contributed by atoms with Crippen molar-refractivity contribution in [1.82, 2.24) is 5.32 Å². The maximum Gasteiger partial charge on any atom is 0.253 e. The molecule has 1 aliphatic carbocycles. The van der Waals surface area contributed by atoms with E-state index in [0.29, 0.717) is 28.1 Å². The van der Waals surface area contributed by atoms with Crippen LogP contribution in [0.1, 0.15) is 43.5 Å². The quantitative estimate of drug-likeness (QED) is 0.815. The second kappa shape index (κ2) is 5.83. The van der Waals surface area contributed by atoms with Gasteiger partial charge >= 0.3 is 0 Å². The monoisotopic (exact) mass is 280 g/mol. The highest BCUT2D eigenvalue weighted by Crippen LogP contribution is 2.30. The van der Waals surface area contributed by atoms with Crippen LogP contribution < -0.4 is 11.1 Å². The number of benzene rings is 1. The number of amides is 1. The van der Waals surface area contributed by atoms with E-state index >= 15 is 0 Å². The van der Waals surface area contributed by atoms with E-state index in [4.69, 9.17) is 17.3 Å². The molecule has 2 rings (SSSR count). The molecule has 3 atom stereocenters. The van der Waals surface area contributed by atoms with Gasteiger partial charge in [-0.2, -0.15) is 0 Å². The van der Waals surface area contributed by atoms with E-state index in [2.05, 4.69) is 19.2 Å². The van der Waals surface area contributed by atoms with Crippen molar-refractivity contribution in [3.8, 4) is 0 Å². The van der Waals surface area contributed by atoms with Crippen LogP contribution in [0.3, 0.4) is 0 Å². The molecule has 1 aliphatic rings. The fourth-order valence-electron chi connectivity index (χ4n) is 2.77. The van der Waals surface area contributed by atoms with Crippen molar-refractivity contribution >= 4 is 23.2 Å². The zero-order chi connectivity index (χ0) is 14.0. The van der Waals surface area contributed by atoms with Crippen molar-refractivity contribution in [2.75, 3.05) is 5.73 Å². The minimum Gasteiger partial charge on any atom is -0.397 e. The molecule has 1 aromatic rings. The van der Waals surface area contributed by atoms with Crippen LogP contribution in [0.5, 0.6) is 0 Å². The highest BCUT2D eigenvalue weighted by Gasteiger charge is 2.28. The molecule has 3 nitrogen and oxygen atoms in total. The smallest absolute Gasteiger partial charge is 0.253 e. The zero-order valence-electron chi connectivity index (χ0n) is 11.4. The lowest BCUT2D eigenvalue weighted by molar-refractivity contribution is 0.0892. The van der Waals surface area contributed by atoms with Gasteiger partial charge in [-0.05, 0) is 30.4 Å². The van der Waals surface area contributed by atoms with Gasteiger partial charge in [0, 0.05) is 6.04 Å². The van der Waals surface area contributed by atoms with E-state index in [-0.39, 0.29) is 11.9 Å². The number of carbonyl (C=O) groups excluding carboxylic acids is 1. The molecule has 0 spiro atoms. The summed E-state index contributed by atoms with van der Waals surface area (Å²) >= 11 is 5.95. The van der Waals surface area contributed by atoms with Crippen LogP contribution in [-0.4, -0.2) is 11.9 Å². The van der Waals surface area contributed by atoms with Crippen LogP contribution in [-0.2, 0) is 0 Å². The molecule has 4 heteroatoms. The predicted molar refractivity (Wildman–Crippen MR) is 79.3 cm³/mol. The van der Waals surface area contributed by atoms with Gasteiger partial charge < -0.3 is 11.1 Å². The first-order valence-corrected chi connectivity index (χ1v) is 7.23. The number of nitrogens with one attached hydrogen (secondary N) is 1. The van der Waals surface area contributed by atoms with E-state index in [0.717, 1.165) is 6.42 Å². The minimum atomic E-state index is -0.119. The molecule has 1 amide bonds. The van der Waals surface area contributed by atoms with Crippen LogP contribution in [0.4, 0.5) is 5.69 Å². The highest BCUT2D eigenvalue weighted by atomic mass is 35.5. The molecule has 1 saturated carbocycles. The lowest BCUT2D eigenvalue weighted by atomic mass is 9.78. The molecular formula is C15H21ClN2O. The average Bonchev–Trinajstić information content (AvgIpc) is 2.38. The van der Waals surface area contributed by atoms with Crippen molar-refractivity contribution in [2.45, 2.75) is 39.2 Å². The van der Waals surface area contributed by atoms with Crippen molar-refractivity contribution < 1.29 is 4.79 Å². The second-order valence-electron chi connectivity index (χ2n) is 5.55. The molecule has 0 saturated heterocycles. The molecule has 0 heterocycles. The maximum absolute atomic E-state index is 12.3. The Balaban J connectivity index is 2.10. The fraction of sp³-hybridized carbons (Fsp3) is 0.533. The molecule has 3 unspecified atom stereocenters.